The number of allylic oxidation sites excluding steroid dienone is 5. The van der Waals surface area contributed by atoms with Crippen molar-refractivity contribution in [3.8, 4) is 11.5 Å². The van der Waals surface area contributed by atoms with Gasteiger partial charge in [-0.1, -0.05) is 42.5 Å². The maximum atomic E-state index is 8.50. The normalized spacial score (nSPS) is 15.0. The lowest BCUT2D eigenvalue weighted by Crippen LogP contribution is -2.04. The molecule has 4 rings (SSSR count). The van der Waals surface area contributed by atoms with Crippen molar-refractivity contribution in [2.45, 2.75) is 32.3 Å². The van der Waals surface area contributed by atoms with Crippen LogP contribution >= 0.6 is 0 Å². The maximum absolute atomic E-state index is 8.50. The Morgan fingerprint density at radius 1 is 0.935 bits per heavy atom. The van der Waals surface area contributed by atoms with Crippen molar-refractivity contribution in [3.05, 3.63) is 94.9 Å². The van der Waals surface area contributed by atoms with Gasteiger partial charge in [-0.15, -0.1) is 0 Å². The first-order chi connectivity index (χ1) is 15.3. The highest BCUT2D eigenvalue weighted by Gasteiger charge is 2.08. The van der Waals surface area contributed by atoms with Crippen molar-refractivity contribution >= 4 is 6.08 Å². The Labute approximate surface area is 182 Å². The van der Waals surface area contributed by atoms with Crippen LogP contribution in [0.1, 0.15) is 36.2 Å². The van der Waals surface area contributed by atoms with Crippen LogP contribution in [-0.2, 0) is 17.9 Å². The highest BCUT2D eigenvalue weighted by Crippen LogP contribution is 2.23. The summed E-state index contributed by atoms with van der Waals surface area (Å²) < 4.78 is 11.9. The number of ether oxygens (including phenoxy) is 2. The van der Waals surface area contributed by atoms with Crippen molar-refractivity contribution in [3.63, 3.8) is 0 Å². The summed E-state index contributed by atoms with van der Waals surface area (Å²) in [6.07, 6.45) is 16.2. The second-order valence-electron chi connectivity index (χ2n) is 7.60. The van der Waals surface area contributed by atoms with Crippen LogP contribution in [0.4, 0.5) is 0 Å². The highest BCUT2D eigenvalue weighted by molar-refractivity contribution is 5.52. The van der Waals surface area contributed by atoms with Crippen molar-refractivity contribution in [1.82, 2.24) is 4.98 Å². The van der Waals surface area contributed by atoms with Crippen molar-refractivity contribution in [2.24, 2.45) is 0 Å². The van der Waals surface area contributed by atoms with E-state index >= 15 is 0 Å². The fraction of sp³-hybridized carbons (Fsp3) is 0.269. The fourth-order valence-corrected chi connectivity index (χ4v) is 3.55. The summed E-state index contributed by atoms with van der Waals surface area (Å²) in [5.41, 5.74) is 5.56. The second kappa shape index (κ2) is 10.8. The predicted molar refractivity (Wildman–Crippen MR) is 121 cm³/mol. The lowest BCUT2D eigenvalue weighted by atomic mass is 10.0. The zero-order valence-corrected chi connectivity index (χ0v) is 17.5. The number of aromatic nitrogens is 1. The van der Waals surface area contributed by atoms with Gasteiger partial charge in [0, 0.05) is 6.07 Å². The van der Waals surface area contributed by atoms with Crippen LogP contribution in [0.25, 0.3) is 6.08 Å². The lowest BCUT2D eigenvalue weighted by molar-refractivity contribution is -0.241. The summed E-state index contributed by atoms with van der Waals surface area (Å²) in [6, 6.07) is 11.9. The number of rotatable bonds is 9. The molecule has 5 heteroatoms. The molecule has 0 bridgehead atoms. The van der Waals surface area contributed by atoms with Gasteiger partial charge >= 0.3 is 0 Å². The lowest BCUT2D eigenvalue weighted by Gasteiger charge is -2.12. The van der Waals surface area contributed by atoms with Crippen molar-refractivity contribution in [2.75, 3.05) is 13.2 Å². The Morgan fingerprint density at radius 3 is 2.68 bits per heavy atom. The molecule has 5 nitrogen and oxygen atoms in total. The van der Waals surface area contributed by atoms with Crippen LogP contribution in [0.5, 0.6) is 11.5 Å². The summed E-state index contributed by atoms with van der Waals surface area (Å²) in [5.74, 6) is 1.53. The van der Waals surface area contributed by atoms with Crippen molar-refractivity contribution in [1.29, 1.82) is 0 Å². The van der Waals surface area contributed by atoms with Gasteiger partial charge in [0.1, 0.15) is 24.7 Å². The molecule has 0 amide bonds. The quantitative estimate of drug-likeness (QED) is 0.419. The van der Waals surface area contributed by atoms with Gasteiger partial charge in [-0.2, -0.15) is 0 Å². The van der Waals surface area contributed by atoms with E-state index in [4.69, 9.17) is 19.7 Å². The molecular formula is C26H27NO4. The molecule has 0 spiro atoms. The van der Waals surface area contributed by atoms with Crippen LogP contribution in [-0.4, -0.2) is 23.5 Å². The summed E-state index contributed by atoms with van der Waals surface area (Å²) in [7, 11) is 0. The monoisotopic (exact) mass is 417 g/mol. The number of fused-ring (bicyclic) bond motifs is 1. The minimum absolute atomic E-state index is 0.292. The zero-order chi connectivity index (χ0) is 21.3. The number of benzene rings is 1. The number of hydrogen-bond donors (Lipinski definition) is 1. The van der Waals surface area contributed by atoms with Crippen LogP contribution in [0.15, 0.2) is 77.9 Å². The van der Waals surface area contributed by atoms with Gasteiger partial charge in [-0.05, 0) is 66.7 Å². The second-order valence-corrected chi connectivity index (χ2v) is 7.60. The molecule has 2 aliphatic rings. The number of hydrogen-bond acceptors (Lipinski definition) is 5. The first-order valence-electron chi connectivity index (χ1n) is 10.6. The summed E-state index contributed by atoms with van der Waals surface area (Å²) >= 11 is 0. The smallest absolute Gasteiger partial charge is 0.130 e. The molecule has 0 saturated carbocycles. The third-order valence-corrected chi connectivity index (χ3v) is 5.27. The van der Waals surface area contributed by atoms with Gasteiger partial charge in [0.15, 0.2) is 0 Å². The van der Waals surface area contributed by atoms with E-state index < -0.39 is 0 Å². The summed E-state index contributed by atoms with van der Waals surface area (Å²) in [4.78, 5) is 8.86. The predicted octanol–water partition coefficient (Wildman–Crippen LogP) is 5.69. The molecule has 1 aromatic heterocycles. The van der Waals surface area contributed by atoms with Crippen LogP contribution < -0.4 is 9.47 Å². The molecule has 1 N–H and O–H groups in total. The van der Waals surface area contributed by atoms with Gasteiger partial charge in [0.05, 0.1) is 18.0 Å². The van der Waals surface area contributed by atoms with Crippen LogP contribution in [0.3, 0.4) is 0 Å². The molecule has 0 unspecified atom stereocenters. The molecule has 31 heavy (non-hydrogen) atoms. The highest BCUT2D eigenvalue weighted by atomic mass is 17.1. The molecule has 0 radical (unpaired) electrons. The molecule has 2 aliphatic carbocycles. The molecule has 0 aliphatic heterocycles. The number of nitrogens with zero attached hydrogens (tertiary/aromatic N) is 1. The Kier molecular flexibility index (Phi) is 7.32. The molecule has 160 valence electrons. The summed E-state index contributed by atoms with van der Waals surface area (Å²) in [5, 5.41) is 8.50. The van der Waals surface area contributed by atoms with E-state index in [1.165, 1.54) is 11.1 Å². The standard InChI is InChI=1S/C26H27NO4/c28-31-16-15-20-5-3-6-21(12-11-20)18-29-24-8-4-9-25(17-24)30-19-23-14-13-22-7-1-2-10-26(22)27-23/h2-5,8-14,17,28H,1,6-7,15-16,18-19H2. The first kappa shape index (κ1) is 21.1. The third kappa shape index (κ3) is 6.17. The molecule has 1 aromatic carbocycles. The fourth-order valence-electron chi connectivity index (χ4n) is 3.55. The molecule has 2 aromatic rings. The molecule has 1 heterocycles. The molecule has 0 saturated heterocycles. The van der Waals surface area contributed by atoms with Gasteiger partial charge in [-0.3, -0.25) is 5.26 Å². The van der Waals surface area contributed by atoms with E-state index in [1.54, 1.807) is 0 Å². The van der Waals surface area contributed by atoms with Crippen LogP contribution in [0, 0.1) is 0 Å². The number of aryl methyl sites for hydroxylation is 1. The Balaban J connectivity index is 1.32. The third-order valence-electron chi connectivity index (χ3n) is 5.27. The van der Waals surface area contributed by atoms with Gasteiger partial charge in [-0.25, -0.2) is 9.87 Å². The van der Waals surface area contributed by atoms with E-state index in [9.17, 15) is 0 Å². The minimum atomic E-state index is 0.292. The van der Waals surface area contributed by atoms with E-state index in [0.29, 0.717) is 26.2 Å². The topological polar surface area (TPSA) is 60.8 Å². The van der Waals surface area contributed by atoms with Gasteiger partial charge < -0.3 is 9.47 Å². The molecule has 0 fully saturated rings. The minimum Gasteiger partial charge on any atom is -0.489 e. The molecular weight excluding hydrogens is 390 g/mol. The van der Waals surface area contributed by atoms with Gasteiger partial charge in [0.25, 0.3) is 0 Å². The Hall–Kier alpha value is -3.15. The van der Waals surface area contributed by atoms with Crippen molar-refractivity contribution < 1.29 is 19.6 Å². The largest absolute Gasteiger partial charge is 0.489 e. The molecule has 0 atom stereocenters. The average molecular weight is 418 g/mol. The zero-order valence-electron chi connectivity index (χ0n) is 17.5. The van der Waals surface area contributed by atoms with Gasteiger partial charge in [0.2, 0.25) is 0 Å². The van der Waals surface area contributed by atoms with E-state index in [1.807, 2.05) is 36.4 Å². The van der Waals surface area contributed by atoms with E-state index in [-0.39, 0.29) is 0 Å². The van der Waals surface area contributed by atoms with Crippen LogP contribution in [0.2, 0.25) is 0 Å². The van der Waals surface area contributed by atoms with E-state index in [2.05, 4.69) is 41.3 Å². The maximum Gasteiger partial charge on any atom is 0.130 e. The Bertz CT molecular complexity index is 1020. The Morgan fingerprint density at radius 2 is 1.81 bits per heavy atom. The first-order valence-corrected chi connectivity index (χ1v) is 10.6. The van der Waals surface area contributed by atoms with E-state index in [0.717, 1.165) is 47.7 Å². The number of pyridine rings is 1. The summed E-state index contributed by atoms with van der Waals surface area (Å²) in [6.45, 7) is 1.22. The average Bonchev–Trinajstić information content (AvgIpc) is 3.05. The SMILES string of the molecule is OOCCC1=CC=C(COc2cccc(OCc3ccc4c(n3)C=CCC4)c2)CC=C1.